The molecule has 80 valence electrons. The number of aromatic nitrogens is 1. The van der Waals surface area contributed by atoms with Gasteiger partial charge in [-0.1, -0.05) is 0 Å². The lowest BCUT2D eigenvalue weighted by Gasteiger charge is -2.26. The molecule has 1 aromatic heterocycles. The van der Waals surface area contributed by atoms with Crippen LogP contribution in [0.5, 0.6) is 0 Å². The molecule has 1 aromatic rings. The highest BCUT2D eigenvalue weighted by molar-refractivity contribution is 7.99. The number of amides is 1. The van der Waals surface area contributed by atoms with Crippen LogP contribution in [0.4, 0.5) is 4.39 Å². The SMILES string of the molecule is O=C(c1cccnc1F)N1CCSCC1. The number of hydrogen-bond donors (Lipinski definition) is 0. The number of hydrogen-bond acceptors (Lipinski definition) is 3. The van der Waals surface area contributed by atoms with Gasteiger partial charge in [0.1, 0.15) is 0 Å². The van der Waals surface area contributed by atoms with Crippen LogP contribution < -0.4 is 0 Å². The monoisotopic (exact) mass is 226 g/mol. The van der Waals surface area contributed by atoms with Crippen molar-refractivity contribution in [1.82, 2.24) is 9.88 Å². The van der Waals surface area contributed by atoms with Crippen molar-refractivity contribution in [2.45, 2.75) is 0 Å². The van der Waals surface area contributed by atoms with Crippen molar-refractivity contribution in [3.8, 4) is 0 Å². The van der Waals surface area contributed by atoms with Crippen LogP contribution in [-0.2, 0) is 0 Å². The van der Waals surface area contributed by atoms with Crippen LogP contribution >= 0.6 is 11.8 Å². The minimum Gasteiger partial charge on any atom is -0.337 e. The zero-order valence-electron chi connectivity index (χ0n) is 8.15. The maximum atomic E-state index is 13.2. The third-order valence-corrected chi connectivity index (χ3v) is 3.23. The number of carbonyl (C=O) groups is 1. The van der Waals surface area contributed by atoms with Crippen LogP contribution in [0, 0.1) is 5.95 Å². The molecule has 0 aromatic carbocycles. The van der Waals surface area contributed by atoms with Crippen LogP contribution in [-0.4, -0.2) is 40.4 Å². The van der Waals surface area contributed by atoms with Crippen LogP contribution in [0.1, 0.15) is 10.4 Å². The second-order valence-electron chi connectivity index (χ2n) is 3.25. The van der Waals surface area contributed by atoms with Crippen LogP contribution in [0.2, 0.25) is 0 Å². The largest absolute Gasteiger partial charge is 0.337 e. The predicted molar refractivity (Wildman–Crippen MR) is 57.4 cm³/mol. The Bertz CT molecular complexity index is 366. The van der Waals surface area contributed by atoms with Crippen LogP contribution in [0.3, 0.4) is 0 Å². The molecule has 0 atom stereocenters. The van der Waals surface area contributed by atoms with Crippen molar-refractivity contribution in [3.63, 3.8) is 0 Å². The summed E-state index contributed by atoms with van der Waals surface area (Å²) in [6.45, 7) is 1.38. The highest BCUT2D eigenvalue weighted by atomic mass is 32.2. The fraction of sp³-hybridized carbons (Fsp3) is 0.400. The third-order valence-electron chi connectivity index (χ3n) is 2.29. The predicted octanol–water partition coefficient (Wildman–Crippen LogP) is 1.41. The molecule has 15 heavy (non-hydrogen) atoms. The first-order valence-electron chi connectivity index (χ1n) is 4.76. The summed E-state index contributed by atoms with van der Waals surface area (Å²) in [4.78, 5) is 17.0. The van der Waals surface area contributed by atoms with E-state index in [4.69, 9.17) is 0 Å². The Kier molecular flexibility index (Phi) is 3.20. The van der Waals surface area contributed by atoms with Gasteiger partial charge in [0, 0.05) is 30.8 Å². The Labute approximate surface area is 91.7 Å². The maximum absolute atomic E-state index is 13.2. The van der Waals surface area contributed by atoms with Gasteiger partial charge in [-0.15, -0.1) is 0 Å². The average Bonchev–Trinajstić information content (AvgIpc) is 2.30. The second-order valence-corrected chi connectivity index (χ2v) is 4.47. The van der Waals surface area contributed by atoms with E-state index in [0.717, 1.165) is 11.5 Å². The summed E-state index contributed by atoms with van der Waals surface area (Å²) in [5, 5.41) is 0. The lowest BCUT2D eigenvalue weighted by atomic mass is 10.2. The van der Waals surface area contributed by atoms with Gasteiger partial charge in [0.2, 0.25) is 5.95 Å². The highest BCUT2D eigenvalue weighted by Crippen LogP contribution is 2.13. The Morgan fingerprint density at radius 3 is 2.87 bits per heavy atom. The zero-order valence-corrected chi connectivity index (χ0v) is 8.97. The van der Waals surface area contributed by atoms with E-state index in [1.165, 1.54) is 12.3 Å². The van der Waals surface area contributed by atoms with Crippen molar-refractivity contribution < 1.29 is 9.18 Å². The molecule has 1 aliphatic heterocycles. The van der Waals surface area contributed by atoms with Gasteiger partial charge in [0.25, 0.3) is 5.91 Å². The Hall–Kier alpha value is -1.10. The first kappa shape index (κ1) is 10.4. The van der Waals surface area contributed by atoms with Crippen molar-refractivity contribution in [2.75, 3.05) is 24.6 Å². The quantitative estimate of drug-likeness (QED) is 0.679. The summed E-state index contributed by atoms with van der Waals surface area (Å²) in [6.07, 6.45) is 1.35. The topological polar surface area (TPSA) is 33.2 Å². The first-order valence-corrected chi connectivity index (χ1v) is 5.92. The fourth-order valence-electron chi connectivity index (χ4n) is 1.48. The van der Waals surface area contributed by atoms with Crippen LogP contribution in [0.25, 0.3) is 0 Å². The molecule has 0 aliphatic carbocycles. The standard InChI is InChI=1S/C10H11FN2OS/c11-9-8(2-1-3-12-9)10(14)13-4-6-15-7-5-13/h1-3H,4-7H2. The molecule has 0 radical (unpaired) electrons. The third kappa shape index (κ3) is 2.28. The normalized spacial score (nSPS) is 16.5. The van der Waals surface area contributed by atoms with Crippen molar-refractivity contribution >= 4 is 17.7 Å². The van der Waals surface area contributed by atoms with E-state index in [1.54, 1.807) is 11.0 Å². The molecule has 1 amide bonds. The molecule has 5 heteroatoms. The molecule has 0 saturated carbocycles. The number of pyridine rings is 1. The van der Waals surface area contributed by atoms with Gasteiger partial charge >= 0.3 is 0 Å². The van der Waals surface area contributed by atoms with Crippen LogP contribution in [0.15, 0.2) is 18.3 Å². The molecular formula is C10H11FN2OS. The fourth-order valence-corrected chi connectivity index (χ4v) is 2.39. The minimum absolute atomic E-state index is 0.0735. The van der Waals surface area contributed by atoms with Gasteiger partial charge < -0.3 is 4.90 Å². The smallest absolute Gasteiger partial charge is 0.258 e. The van der Waals surface area contributed by atoms with Gasteiger partial charge in [-0.25, -0.2) is 4.98 Å². The number of rotatable bonds is 1. The number of carbonyl (C=O) groups excluding carboxylic acids is 1. The lowest BCUT2D eigenvalue weighted by molar-refractivity contribution is 0.0766. The summed E-state index contributed by atoms with van der Waals surface area (Å²) in [7, 11) is 0. The number of thioether (sulfide) groups is 1. The summed E-state index contributed by atoms with van der Waals surface area (Å²) in [6, 6.07) is 3.06. The average molecular weight is 226 g/mol. The highest BCUT2D eigenvalue weighted by Gasteiger charge is 2.21. The zero-order chi connectivity index (χ0) is 10.7. The summed E-state index contributed by atoms with van der Waals surface area (Å²) >= 11 is 1.81. The summed E-state index contributed by atoms with van der Waals surface area (Å²) in [5.74, 6) is 0.919. The van der Waals surface area contributed by atoms with Gasteiger partial charge in [0.05, 0.1) is 5.56 Å². The summed E-state index contributed by atoms with van der Waals surface area (Å²) < 4.78 is 13.2. The molecule has 3 nitrogen and oxygen atoms in total. The molecular weight excluding hydrogens is 215 g/mol. The molecule has 2 heterocycles. The molecule has 0 bridgehead atoms. The second kappa shape index (κ2) is 4.61. The maximum Gasteiger partial charge on any atom is 0.258 e. The van der Waals surface area contributed by atoms with Crippen molar-refractivity contribution in [2.24, 2.45) is 0 Å². The Morgan fingerprint density at radius 1 is 1.47 bits per heavy atom. The number of nitrogens with zero attached hydrogens (tertiary/aromatic N) is 2. The van der Waals surface area contributed by atoms with Crippen molar-refractivity contribution in [1.29, 1.82) is 0 Å². The molecule has 0 unspecified atom stereocenters. The molecule has 2 rings (SSSR count). The molecule has 1 saturated heterocycles. The number of halogens is 1. The van der Waals surface area contributed by atoms with Gasteiger partial charge in [0.15, 0.2) is 0 Å². The van der Waals surface area contributed by atoms with E-state index >= 15 is 0 Å². The van der Waals surface area contributed by atoms with E-state index in [-0.39, 0.29) is 11.5 Å². The lowest BCUT2D eigenvalue weighted by Crippen LogP contribution is -2.38. The molecule has 0 spiro atoms. The minimum atomic E-state index is -0.680. The Balaban J connectivity index is 2.16. The molecule has 1 aliphatic rings. The molecule has 0 N–H and O–H groups in total. The van der Waals surface area contributed by atoms with Gasteiger partial charge in [-0.3, -0.25) is 4.79 Å². The van der Waals surface area contributed by atoms with E-state index < -0.39 is 5.95 Å². The van der Waals surface area contributed by atoms with Gasteiger partial charge in [-0.05, 0) is 12.1 Å². The van der Waals surface area contributed by atoms with E-state index in [2.05, 4.69) is 4.98 Å². The van der Waals surface area contributed by atoms with Gasteiger partial charge in [-0.2, -0.15) is 16.2 Å². The summed E-state index contributed by atoms with van der Waals surface area (Å²) in [5.41, 5.74) is 0.0735. The first-order chi connectivity index (χ1) is 7.29. The Morgan fingerprint density at radius 2 is 2.20 bits per heavy atom. The van der Waals surface area contributed by atoms with E-state index in [9.17, 15) is 9.18 Å². The van der Waals surface area contributed by atoms with E-state index in [1.807, 2.05) is 11.8 Å². The van der Waals surface area contributed by atoms with E-state index in [0.29, 0.717) is 13.1 Å². The molecule has 1 fully saturated rings. The van der Waals surface area contributed by atoms with Crippen molar-refractivity contribution in [3.05, 3.63) is 29.8 Å².